The molecule has 0 spiro atoms. The van der Waals surface area contributed by atoms with Crippen molar-refractivity contribution in [1.29, 1.82) is 0 Å². The largest absolute Gasteiger partial charge is 0.242 e. The van der Waals surface area contributed by atoms with Gasteiger partial charge in [0.2, 0.25) is 20.0 Å². The highest BCUT2D eigenvalue weighted by Gasteiger charge is 2.21. The molecule has 0 bridgehead atoms. The van der Waals surface area contributed by atoms with E-state index in [4.69, 9.17) is 5.14 Å². The molecule has 2 N–H and O–H groups in total. The number of hydrogen-bond acceptors (Lipinski definition) is 4. The van der Waals surface area contributed by atoms with Gasteiger partial charge >= 0.3 is 0 Å². The Labute approximate surface area is 120 Å². The summed E-state index contributed by atoms with van der Waals surface area (Å²) in [5.41, 5.74) is 0. The van der Waals surface area contributed by atoms with Crippen LogP contribution in [-0.2, 0) is 20.0 Å². The lowest BCUT2D eigenvalue weighted by molar-refractivity contribution is 0.462. The summed E-state index contributed by atoms with van der Waals surface area (Å²) < 4.78 is 48.2. The van der Waals surface area contributed by atoms with Gasteiger partial charge in [-0.3, -0.25) is 0 Å². The second-order valence-electron chi connectivity index (χ2n) is 4.28. The zero-order valence-electron chi connectivity index (χ0n) is 11.2. The van der Waals surface area contributed by atoms with Crippen LogP contribution in [0.15, 0.2) is 46.7 Å². The lowest BCUT2D eigenvalue weighted by Gasteiger charge is -2.17. The first kappa shape index (κ1) is 16.8. The molecular formula is C12H18N2O4S2. The molecule has 6 nitrogen and oxygen atoms in total. The number of nitrogens with two attached hydrogens (primary N) is 1. The van der Waals surface area contributed by atoms with E-state index in [1.807, 2.05) is 0 Å². The zero-order valence-corrected chi connectivity index (χ0v) is 12.8. The zero-order chi connectivity index (χ0) is 15.4. The molecule has 1 rings (SSSR count). The molecule has 0 saturated carbocycles. The van der Waals surface area contributed by atoms with Gasteiger partial charge in [0.05, 0.1) is 9.79 Å². The molecule has 0 amide bonds. The van der Waals surface area contributed by atoms with Crippen molar-refractivity contribution >= 4 is 20.0 Å². The molecule has 0 aliphatic rings. The molecule has 0 heterocycles. The number of nitrogens with zero attached hydrogens (tertiary/aromatic N) is 1. The molecule has 0 fully saturated rings. The Hall–Kier alpha value is -1.22. The van der Waals surface area contributed by atoms with E-state index in [1.54, 1.807) is 6.08 Å². The normalized spacial score (nSPS) is 12.6. The quantitative estimate of drug-likeness (QED) is 0.597. The van der Waals surface area contributed by atoms with Crippen molar-refractivity contribution in [2.24, 2.45) is 5.14 Å². The van der Waals surface area contributed by atoms with E-state index in [0.29, 0.717) is 19.4 Å². The number of unbranched alkanes of at least 4 members (excludes halogenated alkanes) is 1. The van der Waals surface area contributed by atoms with Gasteiger partial charge in [0, 0.05) is 13.6 Å². The summed E-state index contributed by atoms with van der Waals surface area (Å²) in [5.74, 6) is 0. The number of hydrogen-bond donors (Lipinski definition) is 1. The Kier molecular flexibility index (Phi) is 5.46. The van der Waals surface area contributed by atoms with Crippen molar-refractivity contribution < 1.29 is 16.8 Å². The molecule has 0 saturated heterocycles. The number of benzene rings is 1. The minimum Gasteiger partial charge on any atom is -0.225 e. The first-order valence-electron chi connectivity index (χ1n) is 5.89. The minimum atomic E-state index is -3.93. The van der Waals surface area contributed by atoms with Crippen molar-refractivity contribution in [2.45, 2.75) is 22.6 Å². The molecule has 0 radical (unpaired) electrons. The van der Waals surface area contributed by atoms with Gasteiger partial charge in [-0.05, 0) is 31.0 Å². The van der Waals surface area contributed by atoms with Crippen molar-refractivity contribution in [1.82, 2.24) is 4.31 Å². The maximum Gasteiger partial charge on any atom is 0.242 e. The van der Waals surface area contributed by atoms with E-state index >= 15 is 0 Å². The van der Waals surface area contributed by atoms with Crippen LogP contribution in [0.4, 0.5) is 0 Å². The maximum atomic E-state index is 12.3. The Morgan fingerprint density at radius 1 is 1.25 bits per heavy atom. The smallest absolute Gasteiger partial charge is 0.225 e. The standard InChI is InChI=1S/C12H18N2O4S2/c1-3-4-5-9-14(2)20(17,18)12-8-6-7-11(10-12)19(13,15)16/h3,6-8,10H,1,4-5,9H2,2H3,(H2,13,15,16). The fourth-order valence-corrected chi connectivity index (χ4v) is 3.46. The van der Waals surface area contributed by atoms with Gasteiger partial charge in [-0.25, -0.2) is 26.3 Å². The highest BCUT2D eigenvalue weighted by atomic mass is 32.2. The average molecular weight is 318 g/mol. The summed E-state index contributed by atoms with van der Waals surface area (Å²) in [4.78, 5) is -0.316. The Morgan fingerprint density at radius 2 is 1.85 bits per heavy atom. The van der Waals surface area contributed by atoms with Gasteiger partial charge in [0.25, 0.3) is 0 Å². The van der Waals surface area contributed by atoms with Gasteiger partial charge in [0.1, 0.15) is 0 Å². The highest BCUT2D eigenvalue weighted by molar-refractivity contribution is 7.90. The Balaban J connectivity index is 3.07. The first-order chi connectivity index (χ1) is 9.19. The molecule has 0 unspecified atom stereocenters. The summed E-state index contributed by atoms with van der Waals surface area (Å²) in [7, 11) is -6.21. The van der Waals surface area contributed by atoms with Crippen LogP contribution in [0.2, 0.25) is 0 Å². The van der Waals surface area contributed by atoms with Crippen molar-refractivity contribution in [3.05, 3.63) is 36.9 Å². The Bertz CT molecular complexity index is 681. The van der Waals surface area contributed by atoms with Crippen LogP contribution in [0.1, 0.15) is 12.8 Å². The fraction of sp³-hybridized carbons (Fsp3) is 0.333. The summed E-state index contributed by atoms with van der Waals surface area (Å²) in [5, 5.41) is 5.00. The van der Waals surface area contributed by atoms with Crippen LogP contribution in [-0.4, -0.2) is 34.7 Å². The predicted molar refractivity (Wildman–Crippen MR) is 77.1 cm³/mol. The highest BCUT2D eigenvalue weighted by Crippen LogP contribution is 2.18. The number of allylic oxidation sites excluding steroid dienone is 1. The van der Waals surface area contributed by atoms with Crippen LogP contribution < -0.4 is 5.14 Å². The van der Waals surface area contributed by atoms with Crippen LogP contribution in [0, 0.1) is 0 Å². The summed E-state index contributed by atoms with van der Waals surface area (Å²) >= 11 is 0. The SMILES string of the molecule is C=CCCCN(C)S(=O)(=O)c1cccc(S(N)(=O)=O)c1. The second-order valence-corrected chi connectivity index (χ2v) is 7.88. The van der Waals surface area contributed by atoms with Crippen LogP contribution in [0.25, 0.3) is 0 Å². The molecule has 8 heteroatoms. The number of sulfonamides is 2. The molecule has 0 atom stereocenters. The van der Waals surface area contributed by atoms with E-state index in [0.717, 1.165) is 6.07 Å². The summed E-state index contributed by atoms with van der Waals surface area (Å²) in [6, 6.07) is 5.01. The molecule has 1 aromatic carbocycles. The molecular weight excluding hydrogens is 300 g/mol. The number of rotatable bonds is 7. The molecule has 0 aromatic heterocycles. The van der Waals surface area contributed by atoms with Crippen LogP contribution >= 0.6 is 0 Å². The van der Waals surface area contributed by atoms with E-state index in [9.17, 15) is 16.8 Å². The minimum absolute atomic E-state index is 0.0925. The number of primary sulfonamides is 1. The molecule has 0 aliphatic carbocycles. The third-order valence-corrected chi connectivity index (χ3v) is 5.49. The van der Waals surface area contributed by atoms with Gasteiger partial charge in [-0.15, -0.1) is 6.58 Å². The van der Waals surface area contributed by atoms with Gasteiger partial charge in [-0.2, -0.15) is 0 Å². The van der Waals surface area contributed by atoms with Crippen molar-refractivity contribution in [2.75, 3.05) is 13.6 Å². The van der Waals surface area contributed by atoms with Crippen LogP contribution in [0.3, 0.4) is 0 Å². The summed E-state index contributed by atoms with van der Waals surface area (Å²) in [6.45, 7) is 3.90. The second kappa shape index (κ2) is 6.49. The first-order valence-corrected chi connectivity index (χ1v) is 8.88. The predicted octanol–water partition coefficient (Wildman–Crippen LogP) is 0.921. The van der Waals surface area contributed by atoms with Crippen molar-refractivity contribution in [3.63, 3.8) is 0 Å². The molecule has 112 valence electrons. The van der Waals surface area contributed by atoms with E-state index in [-0.39, 0.29) is 9.79 Å². The summed E-state index contributed by atoms with van der Waals surface area (Å²) in [6.07, 6.45) is 3.06. The lowest BCUT2D eigenvalue weighted by atomic mass is 10.3. The van der Waals surface area contributed by atoms with Gasteiger partial charge in [-0.1, -0.05) is 12.1 Å². The van der Waals surface area contributed by atoms with E-state index < -0.39 is 20.0 Å². The monoisotopic (exact) mass is 318 g/mol. The topological polar surface area (TPSA) is 97.5 Å². The molecule has 1 aromatic rings. The van der Waals surface area contributed by atoms with Crippen molar-refractivity contribution in [3.8, 4) is 0 Å². The maximum absolute atomic E-state index is 12.3. The molecule has 0 aliphatic heterocycles. The van der Waals surface area contributed by atoms with Gasteiger partial charge in [0.15, 0.2) is 0 Å². The fourth-order valence-electron chi connectivity index (χ4n) is 1.57. The molecule has 20 heavy (non-hydrogen) atoms. The average Bonchev–Trinajstić information content (AvgIpc) is 2.38. The van der Waals surface area contributed by atoms with E-state index in [1.165, 1.54) is 29.6 Å². The third kappa shape index (κ3) is 4.14. The third-order valence-electron chi connectivity index (χ3n) is 2.72. The van der Waals surface area contributed by atoms with E-state index in [2.05, 4.69) is 6.58 Å². The van der Waals surface area contributed by atoms with Crippen LogP contribution in [0.5, 0.6) is 0 Å². The Morgan fingerprint density at radius 3 is 2.40 bits per heavy atom. The lowest BCUT2D eigenvalue weighted by Crippen LogP contribution is -2.28. The van der Waals surface area contributed by atoms with Gasteiger partial charge < -0.3 is 0 Å².